The van der Waals surface area contributed by atoms with Gasteiger partial charge in [0.2, 0.25) is 0 Å². The number of rotatable bonds is 2. The standard InChI is InChI=1S/C18H23NO3/c1-4-19(3)12-9-10-5-7-13(20)16-15(10)18(2)11(12)6-8-14(21)17(18)22-16/h5-8,11-12,14,17,20-21H,4,9H2,1-3H3/t11-,12+,14-,17-,18-/m0/s1. The summed E-state index contributed by atoms with van der Waals surface area (Å²) in [5, 5.41) is 20.6. The minimum absolute atomic E-state index is 0.183. The van der Waals surface area contributed by atoms with Gasteiger partial charge in [0, 0.05) is 22.9 Å². The van der Waals surface area contributed by atoms with E-state index < -0.39 is 6.10 Å². The molecule has 118 valence electrons. The number of hydrogen-bond donors (Lipinski definition) is 2. The summed E-state index contributed by atoms with van der Waals surface area (Å²) in [5.74, 6) is 1.04. The Hall–Kier alpha value is -1.52. The highest BCUT2D eigenvalue weighted by Crippen LogP contribution is 2.59. The van der Waals surface area contributed by atoms with Crippen LogP contribution in [0.15, 0.2) is 24.3 Å². The van der Waals surface area contributed by atoms with Crippen molar-refractivity contribution in [1.29, 1.82) is 0 Å². The van der Waals surface area contributed by atoms with E-state index in [4.69, 9.17) is 4.74 Å². The van der Waals surface area contributed by atoms with Gasteiger partial charge in [-0.15, -0.1) is 0 Å². The molecule has 4 heteroatoms. The molecule has 4 nitrogen and oxygen atoms in total. The summed E-state index contributed by atoms with van der Waals surface area (Å²) in [7, 11) is 2.16. The number of hydrogen-bond acceptors (Lipinski definition) is 4. The number of phenolic OH excluding ortho intramolecular Hbond substituents is 1. The summed E-state index contributed by atoms with van der Waals surface area (Å²) in [6.07, 6.45) is 4.01. The summed E-state index contributed by atoms with van der Waals surface area (Å²) in [4.78, 5) is 2.38. The fraction of sp³-hybridized carbons (Fsp3) is 0.556. The summed E-state index contributed by atoms with van der Waals surface area (Å²) in [6, 6.07) is 4.12. The molecule has 5 atom stereocenters. The van der Waals surface area contributed by atoms with Crippen molar-refractivity contribution in [3.8, 4) is 11.5 Å². The van der Waals surface area contributed by atoms with E-state index in [1.54, 1.807) is 6.07 Å². The summed E-state index contributed by atoms with van der Waals surface area (Å²) >= 11 is 0. The van der Waals surface area contributed by atoms with Crippen LogP contribution in [0.4, 0.5) is 0 Å². The van der Waals surface area contributed by atoms with Gasteiger partial charge in [0.25, 0.3) is 0 Å². The van der Waals surface area contributed by atoms with E-state index >= 15 is 0 Å². The van der Waals surface area contributed by atoms with Crippen molar-refractivity contribution in [1.82, 2.24) is 4.90 Å². The Labute approximate surface area is 131 Å². The van der Waals surface area contributed by atoms with Gasteiger partial charge in [0.1, 0.15) is 12.2 Å². The lowest BCUT2D eigenvalue weighted by Crippen LogP contribution is -2.59. The fourth-order valence-electron chi connectivity index (χ4n) is 4.74. The predicted octanol–water partition coefficient (Wildman–Crippen LogP) is 1.83. The highest BCUT2D eigenvalue weighted by molar-refractivity contribution is 5.60. The van der Waals surface area contributed by atoms with E-state index in [2.05, 4.69) is 31.9 Å². The second-order valence-electron chi connectivity index (χ2n) is 7.02. The fourth-order valence-corrected chi connectivity index (χ4v) is 4.74. The van der Waals surface area contributed by atoms with E-state index in [-0.39, 0.29) is 23.2 Å². The highest BCUT2D eigenvalue weighted by Gasteiger charge is 2.60. The number of aliphatic hydroxyl groups excluding tert-OH is 1. The Morgan fingerprint density at radius 3 is 2.86 bits per heavy atom. The number of ether oxygens (including phenoxy) is 1. The summed E-state index contributed by atoms with van der Waals surface area (Å²) in [5.41, 5.74) is 2.05. The summed E-state index contributed by atoms with van der Waals surface area (Å²) < 4.78 is 6.04. The molecule has 4 rings (SSSR count). The van der Waals surface area contributed by atoms with Gasteiger partial charge >= 0.3 is 0 Å². The van der Waals surface area contributed by atoms with Crippen LogP contribution < -0.4 is 4.74 Å². The largest absolute Gasteiger partial charge is 0.504 e. The second kappa shape index (κ2) is 4.49. The topological polar surface area (TPSA) is 52.9 Å². The van der Waals surface area contributed by atoms with Crippen molar-refractivity contribution in [3.05, 3.63) is 35.4 Å². The zero-order valence-electron chi connectivity index (χ0n) is 13.3. The molecule has 3 aliphatic rings. The quantitative estimate of drug-likeness (QED) is 0.818. The van der Waals surface area contributed by atoms with Crippen molar-refractivity contribution in [2.45, 2.75) is 43.9 Å². The van der Waals surface area contributed by atoms with Gasteiger partial charge in [-0.2, -0.15) is 0 Å². The van der Waals surface area contributed by atoms with E-state index in [1.807, 2.05) is 12.1 Å². The minimum atomic E-state index is -0.633. The second-order valence-corrected chi connectivity index (χ2v) is 7.02. The van der Waals surface area contributed by atoms with Gasteiger partial charge in [-0.3, -0.25) is 0 Å². The first-order chi connectivity index (χ1) is 10.5. The average Bonchev–Trinajstić information content (AvgIpc) is 2.83. The monoisotopic (exact) mass is 301 g/mol. The van der Waals surface area contributed by atoms with Gasteiger partial charge in [0.15, 0.2) is 11.5 Å². The minimum Gasteiger partial charge on any atom is -0.504 e. The summed E-state index contributed by atoms with van der Waals surface area (Å²) in [6.45, 7) is 5.34. The van der Waals surface area contributed by atoms with Gasteiger partial charge in [-0.05, 0) is 31.6 Å². The van der Waals surface area contributed by atoms with Crippen LogP contribution in [0.2, 0.25) is 0 Å². The molecule has 1 aromatic carbocycles. The first-order valence-corrected chi connectivity index (χ1v) is 8.07. The third kappa shape index (κ3) is 1.54. The zero-order valence-corrected chi connectivity index (χ0v) is 13.3. The SMILES string of the molecule is CCN(C)[C@@H]1Cc2ccc(O)c3c2[C@]2(C)[C@H]1C=C[C@H](O)[C@@H]2O3. The molecule has 0 radical (unpaired) electrons. The van der Waals surface area contributed by atoms with Gasteiger partial charge in [-0.1, -0.05) is 32.1 Å². The number of benzene rings is 1. The normalized spacial score (nSPS) is 38.0. The number of nitrogens with zero attached hydrogens (tertiary/aromatic N) is 1. The number of phenols is 1. The zero-order chi connectivity index (χ0) is 15.6. The first-order valence-electron chi connectivity index (χ1n) is 8.07. The molecule has 2 aliphatic carbocycles. The molecule has 0 fully saturated rings. The van der Waals surface area contributed by atoms with Crippen molar-refractivity contribution in [2.24, 2.45) is 5.92 Å². The lowest BCUT2D eigenvalue weighted by atomic mass is 9.57. The molecule has 1 aliphatic heterocycles. The molecular weight excluding hydrogens is 278 g/mol. The van der Waals surface area contributed by atoms with Crippen molar-refractivity contribution in [3.63, 3.8) is 0 Å². The van der Waals surface area contributed by atoms with E-state index in [0.717, 1.165) is 18.5 Å². The maximum absolute atomic E-state index is 10.4. The van der Waals surface area contributed by atoms with Gasteiger partial charge < -0.3 is 19.8 Å². The third-order valence-corrected chi connectivity index (χ3v) is 6.02. The maximum Gasteiger partial charge on any atom is 0.165 e. The molecule has 0 spiro atoms. The molecule has 0 bridgehead atoms. The Balaban J connectivity index is 1.95. The Bertz CT molecular complexity index is 656. The Kier molecular flexibility index (Phi) is 2.88. The van der Waals surface area contributed by atoms with Crippen LogP contribution in [0.25, 0.3) is 0 Å². The van der Waals surface area contributed by atoms with Crippen LogP contribution in [-0.4, -0.2) is 47.0 Å². The molecule has 0 amide bonds. The van der Waals surface area contributed by atoms with Crippen LogP contribution in [0.3, 0.4) is 0 Å². The molecule has 1 heterocycles. The van der Waals surface area contributed by atoms with Crippen LogP contribution in [0.1, 0.15) is 25.0 Å². The van der Waals surface area contributed by atoms with Crippen LogP contribution in [0.5, 0.6) is 11.5 Å². The number of aromatic hydroxyl groups is 1. The van der Waals surface area contributed by atoms with Gasteiger partial charge in [0.05, 0.1) is 0 Å². The third-order valence-electron chi connectivity index (χ3n) is 6.02. The smallest absolute Gasteiger partial charge is 0.165 e. The number of likely N-dealkylation sites (N-methyl/N-ethyl adjacent to an activating group) is 1. The molecule has 0 saturated carbocycles. The molecule has 0 aromatic heterocycles. The van der Waals surface area contributed by atoms with Gasteiger partial charge in [-0.25, -0.2) is 0 Å². The molecule has 0 unspecified atom stereocenters. The van der Waals surface area contributed by atoms with E-state index in [1.165, 1.54) is 5.56 Å². The van der Waals surface area contributed by atoms with E-state index in [9.17, 15) is 10.2 Å². The lowest BCUT2D eigenvalue weighted by Gasteiger charge is -2.50. The first kappa shape index (κ1) is 14.1. The average molecular weight is 301 g/mol. The van der Waals surface area contributed by atoms with Crippen LogP contribution in [0, 0.1) is 5.92 Å². The maximum atomic E-state index is 10.4. The highest BCUT2D eigenvalue weighted by atomic mass is 16.5. The lowest BCUT2D eigenvalue weighted by molar-refractivity contribution is -0.00728. The van der Waals surface area contributed by atoms with E-state index in [0.29, 0.717) is 11.8 Å². The molecule has 22 heavy (non-hydrogen) atoms. The van der Waals surface area contributed by atoms with Crippen LogP contribution in [-0.2, 0) is 11.8 Å². The Morgan fingerprint density at radius 1 is 1.36 bits per heavy atom. The number of aliphatic hydroxyl groups is 1. The molecule has 1 aromatic rings. The van der Waals surface area contributed by atoms with Crippen molar-refractivity contribution >= 4 is 0 Å². The van der Waals surface area contributed by atoms with Crippen LogP contribution >= 0.6 is 0 Å². The molecular formula is C18H23NO3. The Morgan fingerprint density at radius 2 is 2.14 bits per heavy atom. The molecule has 0 saturated heterocycles. The van der Waals surface area contributed by atoms with Crippen molar-refractivity contribution < 1.29 is 14.9 Å². The molecule has 2 N–H and O–H groups in total. The van der Waals surface area contributed by atoms with Crippen molar-refractivity contribution in [2.75, 3.05) is 13.6 Å². The predicted molar refractivity (Wildman–Crippen MR) is 84.3 cm³/mol.